The molecule has 30 heavy (non-hydrogen) atoms. The first-order valence-electron chi connectivity index (χ1n) is 10.2. The number of hydrogen-bond acceptors (Lipinski definition) is 1. The Morgan fingerprint density at radius 3 is 2.30 bits per heavy atom. The van der Waals surface area contributed by atoms with Crippen molar-refractivity contribution in [2.75, 3.05) is 0 Å². The summed E-state index contributed by atoms with van der Waals surface area (Å²) in [6, 6.07) is 24.6. The third-order valence-electron chi connectivity index (χ3n) is 5.84. The van der Waals surface area contributed by atoms with Gasteiger partial charge in [0, 0.05) is 32.0 Å². The molecule has 0 saturated carbocycles. The molecule has 0 saturated heterocycles. The highest BCUT2D eigenvalue weighted by Crippen LogP contribution is 2.47. The molecule has 0 fully saturated rings. The molecule has 1 N–H and O–H groups in total. The van der Waals surface area contributed by atoms with Gasteiger partial charge >= 0.3 is 0 Å². The van der Waals surface area contributed by atoms with Gasteiger partial charge in [-0.05, 0) is 56.2 Å². The lowest BCUT2D eigenvalue weighted by Gasteiger charge is -2.38. The van der Waals surface area contributed by atoms with Crippen LogP contribution >= 0.6 is 15.9 Å². The normalized spacial score (nSPS) is 16.3. The van der Waals surface area contributed by atoms with Crippen molar-refractivity contribution in [1.29, 1.82) is 0 Å². The minimum Gasteiger partial charge on any atom is -0.354 e. The van der Waals surface area contributed by atoms with Gasteiger partial charge in [-0.3, -0.25) is 4.79 Å². The third kappa shape index (κ3) is 2.90. The number of nitrogens with zero attached hydrogens (tertiary/aromatic N) is 1. The third-order valence-corrected chi connectivity index (χ3v) is 6.37. The van der Waals surface area contributed by atoms with Crippen LogP contribution in [0.3, 0.4) is 0 Å². The molecule has 1 unspecified atom stereocenters. The molecular formula is C26H23BrN2O. The van der Waals surface area contributed by atoms with Gasteiger partial charge in [-0.2, -0.15) is 0 Å². The van der Waals surface area contributed by atoms with Crippen LogP contribution in [0, 0.1) is 0 Å². The molecular weight excluding hydrogens is 436 g/mol. The van der Waals surface area contributed by atoms with E-state index in [9.17, 15) is 4.79 Å². The zero-order valence-corrected chi connectivity index (χ0v) is 18.8. The lowest BCUT2D eigenvalue weighted by atomic mass is 9.91. The number of carbonyl (C=O) groups excluding carboxylic acids is 1. The first-order chi connectivity index (χ1) is 14.4. The summed E-state index contributed by atoms with van der Waals surface area (Å²) < 4.78 is 1.04. The van der Waals surface area contributed by atoms with Crippen molar-refractivity contribution >= 4 is 32.7 Å². The van der Waals surface area contributed by atoms with Gasteiger partial charge in [0.25, 0.3) is 5.91 Å². The Balaban J connectivity index is 1.84. The van der Waals surface area contributed by atoms with Crippen LogP contribution in [-0.4, -0.2) is 21.3 Å². The molecule has 5 rings (SSSR count). The quantitative estimate of drug-likeness (QED) is 0.346. The van der Waals surface area contributed by atoms with Crippen molar-refractivity contribution in [1.82, 2.24) is 9.88 Å². The summed E-state index contributed by atoms with van der Waals surface area (Å²) in [5.74, 6) is 0.0927. The predicted octanol–water partition coefficient (Wildman–Crippen LogP) is 6.94. The lowest BCUT2D eigenvalue weighted by Crippen LogP contribution is -2.44. The molecule has 0 bridgehead atoms. The SMILES string of the molecule is CC(C)(C)N1C(=O)c2ccccc2C1c1c(-c2ccc(Br)cc2)[nH]c2ccccc12. The van der Waals surface area contributed by atoms with Crippen LogP contribution in [0.1, 0.15) is 48.3 Å². The van der Waals surface area contributed by atoms with Crippen LogP contribution in [0.4, 0.5) is 0 Å². The molecule has 1 atom stereocenters. The van der Waals surface area contributed by atoms with E-state index in [-0.39, 0.29) is 17.5 Å². The number of aromatic amines is 1. The van der Waals surface area contributed by atoms with Gasteiger partial charge in [-0.15, -0.1) is 0 Å². The Kier molecular flexibility index (Phi) is 4.37. The Hall–Kier alpha value is -2.85. The molecule has 4 aromatic rings. The number of amides is 1. The smallest absolute Gasteiger partial charge is 0.255 e. The fourth-order valence-electron chi connectivity index (χ4n) is 4.58. The number of nitrogens with one attached hydrogen (secondary N) is 1. The molecule has 1 aliphatic rings. The van der Waals surface area contributed by atoms with E-state index in [4.69, 9.17) is 0 Å². The second-order valence-electron chi connectivity index (χ2n) is 8.80. The van der Waals surface area contributed by atoms with E-state index in [1.807, 2.05) is 29.2 Å². The van der Waals surface area contributed by atoms with E-state index in [2.05, 4.69) is 90.2 Å². The fourth-order valence-corrected chi connectivity index (χ4v) is 4.85. The predicted molar refractivity (Wildman–Crippen MR) is 126 cm³/mol. The summed E-state index contributed by atoms with van der Waals surface area (Å²) in [7, 11) is 0. The number of hydrogen-bond donors (Lipinski definition) is 1. The molecule has 1 aliphatic heterocycles. The second kappa shape index (κ2) is 6.85. The van der Waals surface area contributed by atoms with Crippen molar-refractivity contribution in [3.05, 3.63) is 94.0 Å². The molecule has 4 heteroatoms. The van der Waals surface area contributed by atoms with Crippen LogP contribution in [-0.2, 0) is 0 Å². The Bertz CT molecular complexity index is 1260. The van der Waals surface area contributed by atoms with Gasteiger partial charge in [0.05, 0.1) is 11.7 Å². The first kappa shape index (κ1) is 19.1. The van der Waals surface area contributed by atoms with Crippen LogP contribution in [0.2, 0.25) is 0 Å². The molecule has 1 amide bonds. The summed E-state index contributed by atoms with van der Waals surface area (Å²) in [4.78, 5) is 19.2. The molecule has 0 spiro atoms. The van der Waals surface area contributed by atoms with Gasteiger partial charge in [0.1, 0.15) is 0 Å². The molecule has 0 aliphatic carbocycles. The van der Waals surface area contributed by atoms with E-state index < -0.39 is 0 Å². The highest BCUT2D eigenvalue weighted by molar-refractivity contribution is 9.10. The first-order valence-corrected chi connectivity index (χ1v) is 10.9. The molecule has 150 valence electrons. The Morgan fingerprint density at radius 1 is 0.900 bits per heavy atom. The standard InChI is InChI=1S/C26H23BrN2O/c1-26(2,3)29-24(18-8-4-5-9-19(18)25(29)30)22-20-10-6-7-11-21(20)28-23(22)16-12-14-17(27)15-13-16/h4-15,24,28H,1-3H3. The van der Waals surface area contributed by atoms with Crippen LogP contribution < -0.4 is 0 Å². The van der Waals surface area contributed by atoms with Crippen LogP contribution in [0.25, 0.3) is 22.2 Å². The van der Waals surface area contributed by atoms with Gasteiger partial charge in [0.15, 0.2) is 0 Å². The molecule has 1 aromatic heterocycles. The maximum atomic E-state index is 13.5. The minimum absolute atomic E-state index is 0.0927. The average Bonchev–Trinajstić information content (AvgIpc) is 3.24. The van der Waals surface area contributed by atoms with Gasteiger partial charge < -0.3 is 9.88 Å². The zero-order chi connectivity index (χ0) is 21.0. The highest BCUT2D eigenvalue weighted by atomic mass is 79.9. The number of benzene rings is 3. The van der Waals surface area contributed by atoms with Crippen molar-refractivity contribution in [2.45, 2.75) is 32.4 Å². The van der Waals surface area contributed by atoms with Crippen molar-refractivity contribution < 1.29 is 4.79 Å². The van der Waals surface area contributed by atoms with E-state index in [1.54, 1.807) is 0 Å². The number of rotatable bonds is 2. The fraction of sp³-hybridized carbons (Fsp3) is 0.192. The number of halogens is 1. The topological polar surface area (TPSA) is 36.1 Å². The number of carbonyl (C=O) groups is 1. The monoisotopic (exact) mass is 458 g/mol. The van der Waals surface area contributed by atoms with E-state index >= 15 is 0 Å². The summed E-state index contributed by atoms with van der Waals surface area (Å²) in [5, 5.41) is 1.15. The van der Waals surface area contributed by atoms with Crippen molar-refractivity contribution in [3.8, 4) is 11.3 Å². The highest BCUT2D eigenvalue weighted by Gasteiger charge is 2.44. The summed E-state index contributed by atoms with van der Waals surface area (Å²) in [6.45, 7) is 6.33. The molecule has 0 radical (unpaired) electrons. The van der Waals surface area contributed by atoms with Gasteiger partial charge in [-0.1, -0.05) is 64.5 Å². The van der Waals surface area contributed by atoms with Crippen LogP contribution in [0.15, 0.2) is 77.3 Å². The average molecular weight is 459 g/mol. The molecule has 3 nitrogen and oxygen atoms in total. The summed E-state index contributed by atoms with van der Waals surface area (Å²) >= 11 is 3.54. The number of aromatic nitrogens is 1. The number of para-hydroxylation sites is 1. The van der Waals surface area contributed by atoms with Crippen molar-refractivity contribution in [2.24, 2.45) is 0 Å². The van der Waals surface area contributed by atoms with Gasteiger partial charge in [0.2, 0.25) is 0 Å². The summed E-state index contributed by atoms with van der Waals surface area (Å²) in [5.41, 5.74) is 5.95. The Morgan fingerprint density at radius 2 is 1.57 bits per heavy atom. The minimum atomic E-state index is -0.323. The van der Waals surface area contributed by atoms with Gasteiger partial charge in [-0.25, -0.2) is 0 Å². The van der Waals surface area contributed by atoms with E-state index in [0.29, 0.717) is 0 Å². The Labute approximate surface area is 184 Å². The number of H-pyrrole nitrogens is 1. The maximum absolute atomic E-state index is 13.5. The summed E-state index contributed by atoms with van der Waals surface area (Å²) in [6.07, 6.45) is 0. The lowest BCUT2D eigenvalue weighted by molar-refractivity contribution is 0.0554. The van der Waals surface area contributed by atoms with E-state index in [0.717, 1.165) is 43.3 Å². The zero-order valence-electron chi connectivity index (χ0n) is 17.2. The van der Waals surface area contributed by atoms with Crippen molar-refractivity contribution in [3.63, 3.8) is 0 Å². The maximum Gasteiger partial charge on any atom is 0.255 e. The second-order valence-corrected chi connectivity index (χ2v) is 9.72. The van der Waals surface area contributed by atoms with E-state index in [1.165, 1.54) is 0 Å². The molecule has 3 aromatic carbocycles. The molecule has 2 heterocycles. The largest absolute Gasteiger partial charge is 0.354 e. The number of fused-ring (bicyclic) bond motifs is 2. The van der Waals surface area contributed by atoms with Crippen LogP contribution in [0.5, 0.6) is 0 Å².